The molecule has 1 fully saturated rings. The van der Waals surface area contributed by atoms with E-state index in [0.29, 0.717) is 11.3 Å². The molecule has 3 rings (SSSR count). The van der Waals surface area contributed by atoms with Crippen molar-refractivity contribution in [2.45, 2.75) is 6.04 Å². The monoisotopic (exact) mass is 445 g/mol. The number of halogens is 1. The Morgan fingerprint density at radius 2 is 1.71 bits per heavy atom. The average Bonchev–Trinajstić information content (AvgIpc) is 2.97. The number of hydrogen-bond acceptors (Lipinski definition) is 5. The van der Waals surface area contributed by atoms with Gasteiger partial charge in [0, 0.05) is 23.7 Å². The summed E-state index contributed by atoms with van der Waals surface area (Å²) in [5.41, 5.74) is 1.23. The van der Waals surface area contributed by atoms with Crippen molar-refractivity contribution in [2.75, 3.05) is 27.4 Å². The first-order valence-electron chi connectivity index (χ1n) is 8.65. The number of Topliss-reactive ketones (excluding diaryl/α,β-unsaturated/α-hetero) is 1. The largest absolute Gasteiger partial charge is 0.507 e. The number of aliphatic hydroxyl groups excluding tert-OH is 1. The second kappa shape index (κ2) is 8.58. The third-order valence-corrected chi connectivity index (χ3v) is 5.15. The smallest absolute Gasteiger partial charge is 0.295 e. The van der Waals surface area contributed by atoms with E-state index >= 15 is 0 Å². The summed E-state index contributed by atoms with van der Waals surface area (Å²) in [5, 5.41) is 10.9. The molecule has 2 aromatic rings. The maximum absolute atomic E-state index is 12.8. The summed E-state index contributed by atoms with van der Waals surface area (Å²) in [5.74, 6) is -0.951. The molecular weight excluding hydrogens is 426 g/mol. The fourth-order valence-corrected chi connectivity index (χ4v) is 3.46. The Balaban J connectivity index is 2.12. The molecule has 1 atom stereocenters. The Labute approximate surface area is 171 Å². The van der Waals surface area contributed by atoms with Gasteiger partial charge >= 0.3 is 0 Å². The van der Waals surface area contributed by atoms with E-state index in [9.17, 15) is 14.7 Å². The number of benzene rings is 2. The molecule has 0 aromatic heterocycles. The number of ether oxygens (including phenoxy) is 2. The van der Waals surface area contributed by atoms with Crippen molar-refractivity contribution in [3.63, 3.8) is 0 Å². The van der Waals surface area contributed by atoms with E-state index < -0.39 is 17.7 Å². The number of methoxy groups -OCH3 is 2. The Hall–Kier alpha value is -2.64. The van der Waals surface area contributed by atoms with Gasteiger partial charge in [0.2, 0.25) is 0 Å². The number of rotatable bonds is 6. The highest BCUT2D eigenvalue weighted by atomic mass is 79.9. The summed E-state index contributed by atoms with van der Waals surface area (Å²) in [6.07, 6.45) is 0. The van der Waals surface area contributed by atoms with E-state index in [1.807, 2.05) is 24.3 Å². The zero-order valence-electron chi connectivity index (χ0n) is 15.5. The van der Waals surface area contributed by atoms with Gasteiger partial charge in [-0.2, -0.15) is 0 Å². The van der Waals surface area contributed by atoms with Gasteiger partial charge in [0.15, 0.2) is 0 Å². The Kier molecular flexibility index (Phi) is 6.16. The normalized spacial score (nSPS) is 18.5. The van der Waals surface area contributed by atoms with Crippen molar-refractivity contribution >= 4 is 33.4 Å². The van der Waals surface area contributed by atoms with Crippen LogP contribution in [0.4, 0.5) is 0 Å². The van der Waals surface area contributed by atoms with Crippen molar-refractivity contribution in [1.82, 2.24) is 4.90 Å². The fraction of sp³-hybridized carbons (Fsp3) is 0.238. The van der Waals surface area contributed by atoms with Crippen LogP contribution in [0.15, 0.2) is 58.6 Å². The molecule has 7 heteroatoms. The van der Waals surface area contributed by atoms with E-state index in [1.54, 1.807) is 31.4 Å². The number of aliphatic hydroxyl groups is 1. The number of likely N-dealkylation sites (tertiary alicyclic amines) is 1. The van der Waals surface area contributed by atoms with Gasteiger partial charge in [0.25, 0.3) is 11.7 Å². The molecule has 0 aliphatic carbocycles. The quantitative estimate of drug-likeness (QED) is 0.418. The maximum Gasteiger partial charge on any atom is 0.295 e. The second-order valence-electron chi connectivity index (χ2n) is 6.27. The Bertz CT molecular complexity index is 905. The van der Waals surface area contributed by atoms with Crippen LogP contribution >= 0.6 is 15.9 Å². The lowest BCUT2D eigenvalue weighted by Gasteiger charge is -2.25. The number of hydrogen-bond donors (Lipinski definition) is 1. The zero-order valence-corrected chi connectivity index (χ0v) is 17.1. The lowest BCUT2D eigenvalue weighted by Crippen LogP contribution is -2.32. The molecule has 1 amide bonds. The minimum atomic E-state index is -0.711. The van der Waals surface area contributed by atoms with Crippen LogP contribution in [0.3, 0.4) is 0 Å². The maximum atomic E-state index is 12.8. The fourth-order valence-electron chi connectivity index (χ4n) is 3.20. The number of amides is 1. The predicted molar refractivity (Wildman–Crippen MR) is 108 cm³/mol. The number of ketones is 1. The molecule has 0 bridgehead atoms. The third-order valence-electron chi connectivity index (χ3n) is 4.63. The first-order chi connectivity index (χ1) is 13.5. The average molecular weight is 446 g/mol. The molecule has 1 aliphatic rings. The van der Waals surface area contributed by atoms with Gasteiger partial charge in [-0.25, -0.2) is 0 Å². The summed E-state index contributed by atoms with van der Waals surface area (Å²) >= 11 is 3.39. The zero-order chi connectivity index (χ0) is 20.3. The summed E-state index contributed by atoms with van der Waals surface area (Å²) in [6, 6.07) is 13.3. The van der Waals surface area contributed by atoms with Gasteiger partial charge in [-0.1, -0.05) is 28.1 Å². The molecule has 1 saturated heterocycles. The molecule has 146 valence electrons. The van der Waals surface area contributed by atoms with E-state index in [0.717, 1.165) is 10.0 Å². The molecule has 1 heterocycles. The summed E-state index contributed by atoms with van der Waals surface area (Å²) in [4.78, 5) is 26.9. The molecule has 6 nitrogen and oxygen atoms in total. The first-order valence-corrected chi connectivity index (χ1v) is 9.44. The molecule has 1 N–H and O–H groups in total. The molecule has 0 saturated carbocycles. The van der Waals surface area contributed by atoms with Crippen molar-refractivity contribution < 1.29 is 24.2 Å². The van der Waals surface area contributed by atoms with E-state index in [4.69, 9.17) is 9.47 Å². The minimum absolute atomic E-state index is 0.0635. The Morgan fingerprint density at radius 1 is 1.07 bits per heavy atom. The predicted octanol–water partition coefficient (Wildman–Crippen LogP) is 3.53. The van der Waals surface area contributed by atoms with Gasteiger partial charge in [-0.05, 0) is 42.0 Å². The molecule has 2 aromatic carbocycles. The van der Waals surface area contributed by atoms with E-state index in [1.165, 1.54) is 12.0 Å². The molecule has 1 aliphatic heterocycles. The number of carbonyl (C=O) groups excluding carboxylic acids is 2. The molecule has 1 unspecified atom stereocenters. The van der Waals surface area contributed by atoms with Crippen molar-refractivity contribution in [1.29, 1.82) is 0 Å². The highest BCUT2D eigenvalue weighted by Gasteiger charge is 2.45. The van der Waals surface area contributed by atoms with Crippen LogP contribution in [0.5, 0.6) is 5.75 Å². The van der Waals surface area contributed by atoms with Crippen LogP contribution < -0.4 is 4.74 Å². The van der Waals surface area contributed by atoms with Crippen LogP contribution in [0, 0.1) is 0 Å². The van der Waals surface area contributed by atoms with Crippen LogP contribution in [0.25, 0.3) is 5.76 Å². The van der Waals surface area contributed by atoms with Crippen LogP contribution in [0.1, 0.15) is 17.2 Å². The molecule has 28 heavy (non-hydrogen) atoms. The van der Waals surface area contributed by atoms with E-state index in [-0.39, 0.29) is 24.5 Å². The third kappa shape index (κ3) is 3.81. The summed E-state index contributed by atoms with van der Waals surface area (Å²) in [6.45, 7) is 0.518. The molecular formula is C21H20BrNO5. The summed E-state index contributed by atoms with van der Waals surface area (Å²) in [7, 11) is 3.08. The summed E-state index contributed by atoms with van der Waals surface area (Å²) < 4.78 is 11.1. The van der Waals surface area contributed by atoms with Crippen LogP contribution in [-0.2, 0) is 14.3 Å². The SMILES string of the molecule is COCCN1C(=O)C(=O)/C(=C(\O)c2ccc(OC)cc2)C1c1ccc(Br)cc1. The van der Waals surface area contributed by atoms with Gasteiger partial charge in [0.1, 0.15) is 11.5 Å². The minimum Gasteiger partial charge on any atom is -0.507 e. The lowest BCUT2D eigenvalue weighted by molar-refractivity contribution is -0.140. The number of carbonyl (C=O) groups is 2. The van der Waals surface area contributed by atoms with Crippen LogP contribution in [0.2, 0.25) is 0 Å². The van der Waals surface area contributed by atoms with Crippen LogP contribution in [-0.4, -0.2) is 49.1 Å². The van der Waals surface area contributed by atoms with Gasteiger partial charge in [0.05, 0.1) is 25.3 Å². The van der Waals surface area contributed by atoms with E-state index in [2.05, 4.69) is 15.9 Å². The number of nitrogens with zero attached hydrogens (tertiary/aromatic N) is 1. The van der Waals surface area contributed by atoms with Gasteiger partial charge < -0.3 is 19.5 Å². The van der Waals surface area contributed by atoms with Gasteiger partial charge in [-0.15, -0.1) is 0 Å². The molecule has 0 radical (unpaired) electrons. The van der Waals surface area contributed by atoms with Gasteiger partial charge in [-0.3, -0.25) is 9.59 Å². The van der Waals surface area contributed by atoms with Crippen molar-refractivity contribution in [3.05, 3.63) is 69.7 Å². The highest BCUT2D eigenvalue weighted by molar-refractivity contribution is 9.10. The molecule has 0 spiro atoms. The topological polar surface area (TPSA) is 76.1 Å². The second-order valence-corrected chi connectivity index (χ2v) is 7.18. The standard InChI is InChI=1S/C21H20BrNO5/c1-27-12-11-23-18(13-3-7-15(22)8-4-13)17(20(25)21(23)26)19(24)14-5-9-16(28-2)10-6-14/h3-10,18,24H,11-12H2,1-2H3/b19-17-. The first kappa shape index (κ1) is 20.1. The highest BCUT2D eigenvalue weighted by Crippen LogP contribution is 2.39. The van der Waals surface area contributed by atoms with Crippen molar-refractivity contribution in [2.24, 2.45) is 0 Å². The Morgan fingerprint density at radius 3 is 2.29 bits per heavy atom. The van der Waals surface area contributed by atoms with Crippen molar-refractivity contribution in [3.8, 4) is 5.75 Å². The lowest BCUT2D eigenvalue weighted by atomic mass is 9.95.